The zero-order valence-electron chi connectivity index (χ0n) is 19.0. The van der Waals surface area contributed by atoms with Crippen LogP contribution in [0.1, 0.15) is 5.56 Å². The lowest BCUT2D eigenvalue weighted by atomic mass is 10.1. The first-order valence-electron chi connectivity index (χ1n) is 10.8. The third kappa shape index (κ3) is 4.60. The molecular formula is C27H19NO5S3. The van der Waals surface area contributed by atoms with Crippen molar-refractivity contribution in [1.29, 1.82) is 0 Å². The minimum Gasteiger partial charge on any atom is -0.493 e. The molecule has 0 radical (unpaired) electrons. The van der Waals surface area contributed by atoms with Gasteiger partial charge >= 0.3 is 10.1 Å². The Kier molecular flexibility index (Phi) is 6.53. The number of amides is 1. The molecular weight excluding hydrogens is 515 g/mol. The van der Waals surface area contributed by atoms with Gasteiger partial charge in [0.2, 0.25) is 0 Å². The molecule has 0 N–H and O–H groups in total. The van der Waals surface area contributed by atoms with Gasteiger partial charge in [0.15, 0.2) is 15.8 Å². The Morgan fingerprint density at radius 2 is 1.61 bits per heavy atom. The van der Waals surface area contributed by atoms with Gasteiger partial charge < -0.3 is 8.92 Å². The monoisotopic (exact) mass is 533 g/mol. The molecule has 180 valence electrons. The van der Waals surface area contributed by atoms with Crippen molar-refractivity contribution >= 4 is 66.9 Å². The Hall–Kier alpha value is -3.66. The molecule has 0 saturated carbocycles. The summed E-state index contributed by atoms with van der Waals surface area (Å²) >= 11 is 6.75. The molecule has 6 nitrogen and oxygen atoms in total. The molecule has 5 rings (SSSR count). The van der Waals surface area contributed by atoms with Gasteiger partial charge in [-0.3, -0.25) is 9.69 Å². The number of fused-ring (bicyclic) bond motifs is 1. The fourth-order valence-electron chi connectivity index (χ4n) is 3.83. The number of carbonyl (C=O) groups excluding carboxylic acids is 1. The summed E-state index contributed by atoms with van der Waals surface area (Å²) in [6.45, 7) is 0. The second-order valence-electron chi connectivity index (χ2n) is 7.78. The van der Waals surface area contributed by atoms with Crippen molar-refractivity contribution in [2.75, 3.05) is 12.0 Å². The number of thiocarbonyl (C=S) groups is 1. The second kappa shape index (κ2) is 9.77. The van der Waals surface area contributed by atoms with Crippen molar-refractivity contribution < 1.29 is 22.1 Å². The number of hydrogen-bond acceptors (Lipinski definition) is 7. The topological polar surface area (TPSA) is 72.9 Å². The van der Waals surface area contributed by atoms with Crippen LogP contribution in [0.15, 0.2) is 101 Å². The van der Waals surface area contributed by atoms with Gasteiger partial charge in [-0.05, 0) is 47.4 Å². The summed E-state index contributed by atoms with van der Waals surface area (Å²) < 4.78 is 36.4. The van der Waals surface area contributed by atoms with E-state index in [1.807, 2.05) is 42.5 Å². The molecule has 0 unspecified atom stereocenters. The van der Waals surface area contributed by atoms with Gasteiger partial charge in [-0.25, -0.2) is 0 Å². The molecule has 1 heterocycles. The van der Waals surface area contributed by atoms with Gasteiger partial charge in [0.25, 0.3) is 5.91 Å². The molecule has 0 atom stereocenters. The molecule has 0 aliphatic carbocycles. The van der Waals surface area contributed by atoms with Gasteiger partial charge in [0, 0.05) is 5.39 Å². The molecule has 0 aromatic heterocycles. The number of anilines is 1. The molecule has 1 aliphatic heterocycles. The second-order valence-corrected chi connectivity index (χ2v) is 11.0. The average Bonchev–Trinajstić information content (AvgIpc) is 3.17. The fraction of sp³-hybridized carbons (Fsp3) is 0.0370. The number of ether oxygens (including phenoxy) is 1. The van der Waals surface area contributed by atoms with Crippen LogP contribution >= 0.6 is 24.0 Å². The standard InChI is InChI=1S/C27H19NO5S3/c1-32-24-16-18(14-15-23(24)33-36(30,31)20-10-3-2-4-11-20)17-25-26(29)28(27(34)35-25)22-13-7-9-19-8-5-6-12-21(19)22/h2-17H,1H3/b25-17+. The predicted molar refractivity (Wildman–Crippen MR) is 147 cm³/mol. The van der Waals surface area contributed by atoms with Gasteiger partial charge in [-0.2, -0.15) is 8.42 Å². The van der Waals surface area contributed by atoms with Gasteiger partial charge in [-0.15, -0.1) is 0 Å². The summed E-state index contributed by atoms with van der Waals surface area (Å²) in [7, 11) is -2.61. The quantitative estimate of drug-likeness (QED) is 0.170. The summed E-state index contributed by atoms with van der Waals surface area (Å²) in [6.07, 6.45) is 1.70. The lowest BCUT2D eigenvalue weighted by Gasteiger charge is -2.17. The number of rotatable bonds is 6. The number of methoxy groups -OCH3 is 1. The van der Waals surface area contributed by atoms with Crippen LogP contribution in [0.4, 0.5) is 5.69 Å². The normalized spacial score (nSPS) is 15.0. The maximum atomic E-state index is 13.3. The Morgan fingerprint density at radius 3 is 2.39 bits per heavy atom. The maximum absolute atomic E-state index is 13.3. The van der Waals surface area contributed by atoms with Crippen LogP contribution in [0, 0.1) is 0 Å². The molecule has 36 heavy (non-hydrogen) atoms. The van der Waals surface area contributed by atoms with Crippen molar-refractivity contribution in [3.8, 4) is 11.5 Å². The molecule has 4 aromatic carbocycles. The first kappa shape index (κ1) is 24.1. The van der Waals surface area contributed by atoms with E-state index < -0.39 is 10.1 Å². The highest BCUT2D eigenvalue weighted by molar-refractivity contribution is 8.27. The van der Waals surface area contributed by atoms with E-state index in [-0.39, 0.29) is 22.3 Å². The largest absolute Gasteiger partial charge is 0.493 e. The fourth-order valence-corrected chi connectivity index (χ4v) is 6.07. The van der Waals surface area contributed by atoms with Crippen molar-refractivity contribution in [3.63, 3.8) is 0 Å². The number of thioether (sulfide) groups is 1. The summed E-state index contributed by atoms with van der Waals surface area (Å²) in [6, 6.07) is 26.2. The van der Waals surface area contributed by atoms with Crippen LogP contribution in [0.2, 0.25) is 0 Å². The lowest BCUT2D eigenvalue weighted by Crippen LogP contribution is -2.27. The highest BCUT2D eigenvalue weighted by Gasteiger charge is 2.34. The Balaban J connectivity index is 1.44. The molecule has 4 aromatic rings. The van der Waals surface area contributed by atoms with Crippen LogP contribution < -0.4 is 13.8 Å². The number of hydrogen-bond donors (Lipinski definition) is 0. The zero-order valence-corrected chi connectivity index (χ0v) is 21.4. The predicted octanol–water partition coefficient (Wildman–Crippen LogP) is 6.02. The number of benzene rings is 4. The van der Waals surface area contributed by atoms with Crippen molar-refractivity contribution in [3.05, 3.63) is 101 Å². The van der Waals surface area contributed by atoms with Gasteiger partial charge in [0.05, 0.1) is 17.7 Å². The zero-order chi connectivity index (χ0) is 25.3. The van der Waals surface area contributed by atoms with E-state index in [9.17, 15) is 13.2 Å². The van der Waals surface area contributed by atoms with Gasteiger partial charge in [-0.1, -0.05) is 84.6 Å². The molecule has 1 aliphatic rings. The third-order valence-corrected chi connectivity index (χ3v) is 8.07. The van der Waals surface area contributed by atoms with E-state index in [1.54, 1.807) is 36.4 Å². The molecule has 1 saturated heterocycles. The van der Waals surface area contributed by atoms with E-state index >= 15 is 0 Å². The van der Waals surface area contributed by atoms with E-state index in [4.69, 9.17) is 21.1 Å². The summed E-state index contributed by atoms with van der Waals surface area (Å²) in [4.78, 5) is 15.4. The Labute approximate surface area is 218 Å². The van der Waals surface area contributed by atoms with Crippen molar-refractivity contribution in [2.45, 2.75) is 4.90 Å². The van der Waals surface area contributed by atoms with Crippen LogP contribution in [0.5, 0.6) is 11.5 Å². The number of carbonyl (C=O) groups is 1. The maximum Gasteiger partial charge on any atom is 0.339 e. The molecule has 0 bridgehead atoms. The lowest BCUT2D eigenvalue weighted by molar-refractivity contribution is -0.113. The summed E-state index contributed by atoms with van der Waals surface area (Å²) in [5.41, 5.74) is 1.36. The molecule has 0 spiro atoms. The third-order valence-electron chi connectivity index (χ3n) is 5.52. The minimum absolute atomic E-state index is 0.0354. The first-order chi connectivity index (χ1) is 17.4. The van der Waals surface area contributed by atoms with Crippen molar-refractivity contribution in [1.82, 2.24) is 0 Å². The van der Waals surface area contributed by atoms with Crippen LogP contribution in [-0.4, -0.2) is 25.8 Å². The van der Waals surface area contributed by atoms with E-state index in [0.29, 0.717) is 14.8 Å². The van der Waals surface area contributed by atoms with Crippen LogP contribution in [0.25, 0.3) is 16.8 Å². The van der Waals surface area contributed by atoms with Crippen molar-refractivity contribution in [2.24, 2.45) is 0 Å². The van der Waals surface area contributed by atoms with E-state index in [0.717, 1.165) is 16.5 Å². The molecule has 1 fully saturated rings. The molecule has 9 heteroatoms. The smallest absolute Gasteiger partial charge is 0.339 e. The Bertz CT molecular complexity index is 1630. The first-order valence-corrected chi connectivity index (χ1v) is 13.4. The highest BCUT2D eigenvalue weighted by atomic mass is 32.2. The highest BCUT2D eigenvalue weighted by Crippen LogP contribution is 2.39. The van der Waals surface area contributed by atoms with E-state index in [1.165, 1.54) is 42.0 Å². The van der Waals surface area contributed by atoms with Crippen LogP contribution in [-0.2, 0) is 14.9 Å². The average molecular weight is 534 g/mol. The summed E-state index contributed by atoms with van der Waals surface area (Å²) in [5.74, 6) is 0.0295. The van der Waals surface area contributed by atoms with Gasteiger partial charge in [0.1, 0.15) is 4.90 Å². The Morgan fingerprint density at radius 1 is 0.889 bits per heavy atom. The van der Waals surface area contributed by atoms with E-state index in [2.05, 4.69) is 0 Å². The number of nitrogens with zero attached hydrogens (tertiary/aromatic N) is 1. The van der Waals surface area contributed by atoms with Crippen LogP contribution in [0.3, 0.4) is 0 Å². The summed E-state index contributed by atoms with van der Waals surface area (Å²) in [5, 5.41) is 1.94. The minimum atomic E-state index is -4.03. The molecule has 1 amide bonds. The SMILES string of the molecule is COc1cc(/C=C2/SC(=S)N(c3cccc4ccccc34)C2=O)ccc1OS(=O)(=O)c1ccccc1.